The Bertz CT molecular complexity index is 730. The number of rotatable bonds is 4. The standard InChI is InChI=1S/C14H17N5S/c1-4-12-17-13(11-5-6-20-14(11)18-12)16-9(2)10-7-15-19(3)8-10/h5-9H,4H2,1-3H3,(H,16,17,18). The van der Waals surface area contributed by atoms with Crippen molar-refractivity contribution in [1.29, 1.82) is 0 Å². The molecule has 20 heavy (non-hydrogen) atoms. The van der Waals surface area contributed by atoms with Gasteiger partial charge in [-0.25, -0.2) is 9.97 Å². The van der Waals surface area contributed by atoms with Gasteiger partial charge in [-0.15, -0.1) is 11.3 Å². The van der Waals surface area contributed by atoms with E-state index in [2.05, 4.69) is 45.7 Å². The molecule has 3 rings (SSSR count). The fraction of sp³-hybridized carbons (Fsp3) is 0.357. The number of nitrogens with zero attached hydrogens (tertiary/aromatic N) is 4. The minimum Gasteiger partial charge on any atom is -0.363 e. The van der Waals surface area contributed by atoms with E-state index in [-0.39, 0.29) is 6.04 Å². The summed E-state index contributed by atoms with van der Waals surface area (Å²) in [6.45, 7) is 4.19. The maximum atomic E-state index is 4.62. The molecule has 5 nitrogen and oxygen atoms in total. The fourth-order valence-electron chi connectivity index (χ4n) is 2.12. The van der Waals surface area contributed by atoms with E-state index in [1.165, 1.54) is 0 Å². The Morgan fingerprint density at radius 2 is 2.25 bits per heavy atom. The van der Waals surface area contributed by atoms with Crippen LogP contribution in [-0.2, 0) is 13.5 Å². The zero-order chi connectivity index (χ0) is 14.1. The van der Waals surface area contributed by atoms with Crippen molar-refractivity contribution in [3.63, 3.8) is 0 Å². The van der Waals surface area contributed by atoms with Crippen LogP contribution >= 0.6 is 11.3 Å². The molecule has 0 amide bonds. The molecule has 3 aromatic rings. The Morgan fingerprint density at radius 3 is 2.95 bits per heavy atom. The van der Waals surface area contributed by atoms with E-state index in [0.717, 1.165) is 33.8 Å². The van der Waals surface area contributed by atoms with Crippen molar-refractivity contribution in [2.75, 3.05) is 5.32 Å². The SMILES string of the molecule is CCc1nc(NC(C)c2cnn(C)c2)c2ccsc2n1. The molecule has 0 saturated carbocycles. The van der Waals surface area contributed by atoms with Gasteiger partial charge >= 0.3 is 0 Å². The van der Waals surface area contributed by atoms with E-state index >= 15 is 0 Å². The van der Waals surface area contributed by atoms with E-state index in [9.17, 15) is 0 Å². The van der Waals surface area contributed by atoms with Gasteiger partial charge in [0.1, 0.15) is 16.5 Å². The van der Waals surface area contributed by atoms with Crippen molar-refractivity contribution in [2.24, 2.45) is 7.05 Å². The molecule has 3 heterocycles. The molecule has 1 N–H and O–H groups in total. The van der Waals surface area contributed by atoms with Crippen LogP contribution in [0.1, 0.15) is 31.3 Å². The monoisotopic (exact) mass is 287 g/mol. The highest BCUT2D eigenvalue weighted by molar-refractivity contribution is 7.16. The summed E-state index contributed by atoms with van der Waals surface area (Å²) in [5.41, 5.74) is 1.15. The Balaban J connectivity index is 1.95. The maximum absolute atomic E-state index is 4.62. The van der Waals surface area contributed by atoms with Crippen LogP contribution in [0.3, 0.4) is 0 Å². The summed E-state index contributed by atoms with van der Waals surface area (Å²) >= 11 is 1.65. The molecule has 104 valence electrons. The topological polar surface area (TPSA) is 55.6 Å². The lowest BCUT2D eigenvalue weighted by atomic mass is 10.2. The second-order valence-corrected chi connectivity index (χ2v) is 5.69. The summed E-state index contributed by atoms with van der Waals surface area (Å²) in [6.07, 6.45) is 4.73. The number of nitrogens with one attached hydrogen (secondary N) is 1. The quantitative estimate of drug-likeness (QED) is 0.801. The molecule has 0 aliphatic carbocycles. The van der Waals surface area contributed by atoms with Gasteiger partial charge < -0.3 is 5.32 Å². The van der Waals surface area contributed by atoms with Crippen molar-refractivity contribution < 1.29 is 0 Å². The smallest absolute Gasteiger partial charge is 0.138 e. The summed E-state index contributed by atoms with van der Waals surface area (Å²) in [7, 11) is 1.92. The van der Waals surface area contributed by atoms with Gasteiger partial charge in [0.15, 0.2) is 0 Å². The van der Waals surface area contributed by atoms with Crippen molar-refractivity contribution in [1.82, 2.24) is 19.7 Å². The molecule has 0 spiro atoms. The van der Waals surface area contributed by atoms with Crippen LogP contribution in [0.2, 0.25) is 0 Å². The minimum absolute atomic E-state index is 0.159. The van der Waals surface area contributed by atoms with Gasteiger partial charge in [0.05, 0.1) is 17.6 Å². The molecule has 0 aliphatic rings. The summed E-state index contributed by atoms with van der Waals surface area (Å²) in [6, 6.07) is 2.23. The third-order valence-electron chi connectivity index (χ3n) is 3.27. The van der Waals surface area contributed by atoms with E-state index in [0.29, 0.717) is 0 Å². The Hall–Kier alpha value is -1.95. The van der Waals surface area contributed by atoms with Gasteiger partial charge in [0.2, 0.25) is 0 Å². The molecule has 1 atom stereocenters. The molecular formula is C14H17N5S. The third kappa shape index (κ3) is 2.38. The van der Waals surface area contributed by atoms with Crippen LogP contribution < -0.4 is 5.32 Å². The molecule has 0 aromatic carbocycles. The van der Waals surface area contributed by atoms with Crippen LogP contribution in [0.25, 0.3) is 10.2 Å². The van der Waals surface area contributed by atoms with Crippen molar-refractivity contribution in [3.05, 3.63) is 35.2 Å². The minimum atomic E-state index is 0.159. The lowest BCUT2D eigenvalue weighted by Gasteiger charge is -2.14. The number of anilines is 1. The molecular weight excluding hydrogens is 270 g/mol. The van der Waals surface area contributed by atoms with Gasteiger partial charge in [-0.1, -0.05) is 6.92 Å². The molecule has 6 heteroatoms. The number of hydrogen-bond acceptors (Lipinski definition) is 5. The lowest BCUT2D eigenvalue weighted by molar-refractivity contribution is 0.765. The van der Waals surface area contributed by atoms with Crippen molar-refractivity contribution in [2.45, 2.75) is 26.3 Å². The van der Waals surface area contributed by atoms with Gasteiger partial charge in [-0.3, -0.25) is 4.68 Å². The first-order valence-corrected chi connectivity index (χ1v) is 7.54. The molecule has 0 fully saturated rings. The van der Waals surface area contributed by atoms with Gasteiger partial charge in [0, 0.05) is 25.2 Å². The number of aromatic nitrogens is 4. The lowest BCUT2D eigenvalue weighted by Crippen LogP contribution is -2.09. The summed E-state index contributed by atoms with van der Waals surface area (Å²) < 4.78 is 1.81. The summed E-state index contributed by atoms with van der Waals surface area (Å²) in [4.78, 5) is 10.2. The molecule has 3 aromatic heterocycles. The average Bonchev–Trinajstić information content (AvgIpc) is 3.06. The normalized spacial score (nSPS) is 12.8. The van der Waals surface area contributed by atoms with Crippen LogP contribution in [-0.4, -0.2) is 19.7 Å². The molecule has 0 bridgehead atoms. The van der Waals surface area contributed by atoms with Crippen LogP contribution in [0, 0.1) is 0 Å². The first-order chi connectivity index (χ1) is 9.67. The predicted octanol–water partition coefficient (Wildman–Crippen LogP) is 3.16. The molecule has 0 radical (unpaired) electrons. The molecule has 1 unspecified atom stereocenters. The summed E-state index contributed by atoms with van der Waals surface area (Å²) in [5, 5.41) is 10.8. The second-order valence-electron chi connectivity index (χ2n) is 4.79. The Kier molecular flexibility index (Phi) is 3.40. The van der Waals surface area contributed by atoms with Crippen LogP contribution in [0.4, 0.5) is 5.82 Å². The molecule has 0 aliphatic heterocycles. The number of aryl methyl sites for hydroxylation is 2. The van der Waals surface area contributed by atoms with Gasteiger partial charge in [0.25, 0.3) is 0 Å². The largest absolute Gasteiger partial charge is 0.363 e. The third-order valence-corrected chi connectivity index (χ3v) is 4.07. The van der Waals surface area contributed by atoms with E-state index in [1.54, 1.807) is 11.3 Å². The van der Waals surface area contributed by atoms with E-state index in [1.807, 2.05) is 24.1 Å². The average molecular weight is 287 g/mol. The van der Waals surface area contributed by atoms with Crippen LogP contribution in [0.15, 0.2) is 23.8 Å². The predicted molar refractivity (Wildman–Crippen MR) is 82.0 cm³/mol. The summed E-state index contributed by atoms with van der Waals surface area (Å²) in [5.74, 6) is 1.78. The fourth-order valence-corrected chi connectivity index (χ4v) is 2.90. The Labute approximate surface area is 121 Å². The Morgan fingerprint density at radius 1 is 1.40 bits per heavy atom. The zero-order valence-electron chi connectivity index (χ0n) is 11.8. The maximum Gasteiger partial charge on any atom is 0.138 e. The first kappa shape index (κ1) is 13.1. The number of hydrogen-bond donors (Lipinski definition) is 1. The highest BCUT2D eigenvalue weighted by Crippen LogP contribution is 2.28. The van der Waals surface area contributed by atoms with Gasteiger partial charge in [-0.2, -0.15) is 5.10 Å². The van der Waals surface area contributed by atoms with Crippen molar-refractivity contribution in [3.8, 4) is 0 Å². The first-order valence-electron chi connectivity index (χ1n) is 6.66. The molecule has 0 saturated heterocycles. The zero-order valence-corrected chi connectivity index (χ0v) is 12.6. The number of fused-ring (bicyclic) bond motifs is 1. The van der Waals surface area contributed by atoms with E-state index in [4.69, 9.17) is 0 Å². The van der Waals surface area contributed by atoms with Gasteiger partial charge in [-0.05, 0) is 18.4 Å². The second kappa shape index (κ2) is 5.20. The van der Waals surface area contributed by atoms with Crippen molar-refractivity contribution >= 4 is 27.4 Å². The van der Waals surface area contributed by atoms with Crippen LogP contribution in [0.5, 0.6) is 0 Å². The number of thiophene rings is 1. The van der Waals surface area contributed by atoms with E-state index < -0.39 is 0 Å². The highest BCUT2D eigenvalue weighted by Gasteiger charge is 2.12. The highest BCUT2D eigenvalue weighted by atomic mass is 32.1.